The van der Waals surface area contributed by atoms with Crippen LogP contribution in [0.3, 0.4) is 0 Å². The Bertz CT molecular complexity index is 2770. The first-order valence-corrected chi connectivity index (χ1v) is 24.5. The summed E-state index contributed by atoms with van der Waals surface area (Å²) in [6, 6.07) is 20.3. The number of pyridine rings is 1. The molecule has 6 bridgehead atoms. The van der Waals surface area contributed by atoms with Gasteiger partial charge in [0.1, 0.15) is 29.6 Å². The zero-order valence-corrected chi connectivity index (χ0v) is 42.2. The van der Waals surface area contributed by atoms with Gasteiger partial charge in [-0.1, -0.05) is 83.2 Å². The number of likely N-dealkylation sites (N-methyl/N-ethyl adjacent to an activating group) is 2. The van der Waals surface area contributed by atoms with Gasteiger partial charge in [0.2, 0.25) is 5.91 Å². The molecule has 0 spiro atoms. The van der Waals surface area contributed by atoms with Gasteiger partial charge in [-0.3, -0.25) is 34.0 Å². The maximum atomic E-state index is 14.8. The summed E-state index contributed by atoms with van der Waals surface area (Å²) in [7, 11) is 5.36. The molecule has 0 aliphatic carbocycles. The van der Waals surface area contributed by atoms with Crippen molar-refractivity contribution in [3.63, 3.8) is 0 Å². The number of nitrogens with one attached hydrogen (secondary N) is 2. The number of fused-ring (bicyclic) bond motifs is 6. The Labute approximate surface area is 412 Å². The number of ketones is 1. The maximum absolute atomic E-state index is 14.8. The molecule has 14 nitrogen and oxygen atoms in total. The Hall–Kier alpha value is -6.64. The fourth-order valence-electron chi connectivity index (χ4n) is 9.87. The van der Waals surface area contributed by atoms with Crippen molar-refractivity contribution in [2.75, 3.05) is 40.8 Å². The molecule has 3 aromatic carbocycles. The van der Waals surface area contributed by atoms with E-state index >= 15 is 0 Å². The topological polar surface area (TPSA) is 166 Å². The third kappa shape index (κ3) is 11.7. The van der Waals surface area contributed by atoms with Gasteiger partial charge in [0.15, 0.2) is 5.78 Å². The van der Waals surface area contributed by atoms with Gasteiger partial charge in [-0.25, -0.2) is 5.43 Å². The van der Waals surface area contributed by atoms with Gasteiger partial charge in [-0.2, -0.15) is 0 Å². The Balaban J connectivity index is 1.24. The van der Waals surface area contributed by atoms with E-state index in [0.717, 1.165) is 51.8 Å². The van der Waals surface area contributed by atoms with Gasteiger partial charge in [0.25, 0.3) is 11.8 Å². The van der Waals surface area contributed by atoms with E-state index in [1.807, 2.05) is 45.0 Å². The van der Waals surface area contributed by atoms with Crippen LogP contribution < -0.4 is 10.7 Å². The van der Waals surface area contributed by atoms with Crippen LogP contribution in [-0.4, -0.2) is 118 Å². The number of carbonyl (C=O) groups excluding carboxylic acids is 5. The molecule has 0 radical (unpaired) electrons. The minimum Gasteiger partial charge on any atom is -0.508 e. The van der Waals surface area contributed by atoms with E-state index in [4.69, 9.17) is 4.74 Å². The average Bonchev–Trinajstić information content (AvgIpc) is 3.63. The van der Waals surface area contributed by atoms with Crippen molar-refractivity contribution in [2.45, 2.75) is 105 Å². The lowest BCUT2D eigenvalue weighted by atomic mass is 9.83. The third-order valence-electron chi connectivity index (χ3n) is 13.3. The number of cyclic esters (lactones) is 1. The zero-order valence-electron chi connectivity index (χ0n) is 42.2. The molecule has 7 rings (SSSR count). The first-order chi connectivity index (χ1) is 33.4. The first kappa shape index (κ1) is 51.2. The van der Waals surface area contributed by atoms with Gasteiger partial charge < -0.3 is 29.5 Å². The molecule has 2 aromatic heterocycles. The van der Waals surface area contributed by atoms with Gasteiger partial charge >= 0.3 is 5.97 Å². The molecule has 4 heterocycles. The highest BCUT2D eigenvalue weighted by atomic mass is 16.5. The quantitative estimate of drug-likeness (QED) is 0.0804. The number of aromatic nitrogens is 2. The van der Waals surface area contributed by atoms with Crippen molar-refractivity contribution in [3.8, 4) is 28.1 Å². The molecule has 0 saturated carbocycles. The smallest absolute Gasteiger partial charge is 0.324 e. The summed E-state index contributed by atoms with van der Waals surface area (Å²) in [5, 5.41) is 16.8. The van der Waals surface area contributed by atoms with Crippen LogP contribution in [0.1, 0.15) is 87.1 Å². The summed E-state index contributed by atoms with van der Waals surface area (Å²) in [6.45, 7) is 13.9. The minimum absolute atomic E-state index is 0.00227. The van der Waals surface area contributed by atoms with E-state index in [9.17, 15) is 29.1 Å². The Morgan fingerprint density at radius 3 is 2.47 bits per heavy atom. The molecular weight excluding hydrogens is 883 g/mol. The highest BCUT2D eigenvalue weighted by Crippen LogP contribution is 2.41. The van der Waals surface area contributed by atoms with E-state index in [1.54, 1.807) is 30.3 Å². The molecule has 0 unspecified atom stereocenters. The van der Waals surface area contributed by atoms with Crippen molar-refractivity contribution in [1.29, 1.82) is 0 Å². The Morgan fingerprint density at radius 2 is 1.77 bits per heavy atom. The van der Waals surface area contributed by atoms with E-state index in [0.29, 0.717) is 36.9 Å². The Morgan fingerprint density at radius 1 is 1.00 bits per heavy atom. The molecular formula is C56H69N7O7. The molecule has 2 aliphatic heterocycles. The fraction of sp³-hybridized carbons (Fsp3) is 0.429. The molecule has 5 aromatic rings. The second-order valence-corrected chi connectivity index (χ2v) is 20.2. The van der Waals surface area contributed by atoms with Crippen molar-refractivity contribution in [1.82, 2.24) is 35.1 Å². The molecule has 2 aliphatic rings. The van der Waals surface area contributed by atoms with Gasteiger partial charge in [0, 0.05) is 67.6 Å². The monoisotopic (exact) mass is 952 g/mol. The molecule has 1 saturated heterocycles. The van der Waals surface area contributed by atoms with Gasteiger partial charge in [-0.05, 0) is 122 Å². The summed E-state index contributed by atoms with van der Waals surface area (Å²) in [4.78, 5) is 77.5. The number of hydrogen-bond acceptors (Lipinski definition) is 10. The third-order valence-corrected chi connectivity index (χ3v) is 13.3. The van der Waals surface area contributed by atoms with Gasteiger partial charge in [0.05, 0.1) is 12.3 Å². The van der Waals surface area contributed by atoms with Crippen molar-refractivity contribution < 1.29 is 33.8 Å². The number of carbonyl (C=O) groups is 5. The number of nitrogens with zero attached hydrogens (tertiary/aromatic N) is 5. The molecule has 1 fully saturated rings. The Kier molecular flexibility index (Phi) is 16.1. The maximum Gasteiger partial charge on any atom is 0.324 e. The summed E-state index contributed by atoms with van der Waals surface area (Å²) in [5.74, 6) is -2.51. The van der Waals surface area contributed by atoms with E-state index in [1.165, 1.54) is 34.8 Å². The van der Waals surface area contributed by atoms with Crippen LogP contribution in [-0.2, 0) is 56.1 Å². The number of phenolic OH excluding ortho intramolecular Hbond substituents is 1. The number of hydrogen-bond donors (Lipinski definition) is 3. The summed E-state index contributed by atoms with van der Waals surface area (Å²) >= 11 is 0. The molecule has 3 amide bonds. The fourth-order valence-corrected chi connectivity index (χ4v) is 9.87. The molecule has 14 heteroatoms. The standard InChI is InChI=1S/C56H69N7O7/c1-10-38-16-12-13-18-43(38)51-45-32-56(5,6)34-70-55(69)47-19-15-25-63(59-47)54(68)48(29-37-26-40(30-42(65)28-37)39-21-23-49(44(45)31-39)62(51)11-2)58-52(66)50(35(3)4)61(9)53(67)46-22-20-36(33-57-46)27-41(64)17-14-24-60(7)8/h12-14,16-18,20-23,26,28,30-31,33,35,47-48,50,59,65H,10-11,15,19,24-25,27,29,32,34H2,1-9H3,(H,58,66)/b17-14+/t47-,48-,50-/m0/s1. The highest BCUT2D eigenvalue weighted by molar-refractivity contribution is 5.98. The number of rotatable bonds is 13. The van der Waals surface area contributed by atoms with Crippen LogP contribution in [0.5, 0.6) is 5.75 Å². The summed E-state index contributed by atoms with van der Waals surface area (Å²) in [6.07, 6.45) is 7.35. The van der Waals surface area contributed by atoms with Crippen molar-refractivity contribution >= 4 is 40.4 Å². The molecule has 70 heavy (non-hydrogen) atoms. The van der Waals surface area contributed by atoms with Crippen LogP contribution in [0.15, 0.2) is 91.1 Å². The summed E-state index contributed by atoms with van der Waals surface area (Å²) < 4.78 is 8.48. The second kappa shape index (κ2) is 22.0. The normalized spacial score (nSPS) is 18.0. The lowest BCUT2D eigenvalue weighted by molar-refractivity contribution is -0.155. The lowest BCUT2D eigenvalue weighted by Crippen LogP contribution is -2.62. The number of aryl methyl sites for hydroxylation is 2. The van der Waals surface area contributed by atoms with Crippen molar-refractivity contribution in [3.05, 3.63) is 119 Å². The molecule has 370 valence electrons. The summed E-state index contributed by atoms with van der Waals surface area (Å²) in [5.41, 5.74) is 11.3. The SMILES string of the molecule is CCc1ccccc1-c1c2c3cc(ccc3n1CC)-c1cc(O)cc(c1)C[C@H](NC(=O)[C@H](C(C)C)N(C)C(=O)c1ccc(CC(=O)/C=C/CN(C)C)cn1)C(=O)N1CCC[C@H](N1)C(=O)OCC(C)(C)C2. The average molecular weight is 952 g/mol. The number of esters is 1. The lowest BCUT2D eigenvalue weighted by Gasteiger charge is -2.36. The van der Waals surface area contributed by atoms with E-state index in [-0.39, 0.29) is 43.2 Å². The largest absolute Gasteiger partial charge is 0.508 e. The predicted octanol–water partition coefficient (Wildman–Crippen LogP) is 7.33. The molecule has 3 atom stereocenters. The van der Waals surface area contributed by atoms with Crippen LogP contribution in [0.4, 0.5) is 0 Å². The predicted molar refractivity (Wildman–Crippen MR) is 273 cm³/mol. The molecule has 3 N–H and O–H groups in total. The van der Waals surface area contributed by atoms with E-state index in [2.05, 4.69) is 84.4 Å². The number of amides is 3. The van der Waals surface area contributed by atoms with Crippen LogP contribution >= 0.6 is 0 Å². The second-order valence-electron chi connectivity index (χ2n) is 20.2. The number of benzene rings is 3. The zero-order chi connectivity index (χ0) is 50.4. The first-order valence-electron chi connectivity index (χ1n) is 24.5. The van der Waals surface area contributed by atoms with E-state index < -0.39 is 53.1 Å². The van der Waals surface area contributed by atoms with Crippen LogP contribution in [0.2, 0.25) is 0 Å². The van der Waals surface area contributed by atoms with Crippen LogP contribution in [0.25, 0.3) is 33.3 Å². The van der Waals surface area contributed by atoms with Gasteiger partial charge in [-0.15, -0.1) is 0 Å². The highest BCUT2D eigenvalue weighted by Gasteiger charge is 2.38. The number of aromatic hydroxyl groups is 1. The van der Waals surface area contributed by atoms with Crippen LogP contribution in [0, 0.1) is 11.3 Å². The number of allylic oxidation sites excluding steroid dienone is 1. The number of hydrazine groups is 1. The number of phenols is 1. The van der Waals surface area contributed by atoms with Crippen molar-refractivity contribution in [2.24, 2.45) is 11.3 Å². The number of ether oxygens (including phenoxy) is 1. The minimum atomic E-state index is -1.18.